The molecule has 1 heterocycles. The van der Waals surface area contributed by atoms with Gasteiger partial charge in [-0.3, -0.25) is 14.5 Å². The molecule has 4 amide bonds. The van der Waals surface area contributed by atoms with Crippen molar-refractivity contribution >= 4 is 17.8 Å². The van der Waals surface area contributed by atoms with Gasteiger partial charge in [0.1, 0.15) is 12.1 Å². The zero-order valence-electron chi connectivity index (χ0n) is 16.9. The van der Waals surface area contributed by atoms with E-state index < -0.39 is 11.6 Å². The standard InChI is InChI=1S/C19H34N4O3/c1-6-14-7-9-19(10-8-14)16(25)23(17(26)21-19)11-15(24)20-12-18(2,3)13-22(4)5/h14H,6-13H2,1-5H3,(H,20,24)(H,21,26). The van der Waals surface area contributed by atoms with E-state index in [1.54, 1.807) is 0 Å². The van der Waals surface area contributed by atoms with Gasteiger partial charge in [-0.15, -0.1) is 0 Å². The van der Waals surface area contributed by atoms with E-state index >= 15 is 0 Å². The number of nitrogens with one attached hydrogen (secondary N) is 2. The molecule has 2 fully saturated rings. The molecule has 0 bridgehead atoms. The minimum absolute atomic E-state index is 0.0871. The number of carbonyl (C=O) groups excluding carboxylic acids is 3. The Hall–Kier alpha value is -1.63. The van der Waals surface area contributed by atoms with Gasteiger partial charge in [0, 0.05) is 13.1 Å². The van der Waals surface area contributed by atoms with Crippen LogP contribution in [0.1, 0.15) is 52.9 Å². The molecule has 7 heteroatoms. The lowest BCUT2D eigenvalue weighted by Gasteiger charge is -2.34. The minimum atomic E-state index is -0.784. The molecule has 1 aliphatic heterocycles. The largest absolute Gasteiger partial charge is 0.354 e. The Balaban J connectivity index is 1.90. The second kappa shape index (κ2) is 7.94. The lowest BCUT2D eigenvalue weighted by molar-refractivity contribution is -0.136. The summed E-state index contributed by atoms with van der Waals surface area (Å²) in [5, 5.41) is 5.73. The van der Waals surface area contributed by atoms with Gasteiger partial charge >= 0.3 is 6.03 Å². The molecule has 26 heavy (non-hydrogen) atoms. The molecule has 1 spiro atoms. The molecule has 148 valence electrons. The van der Waals surface area contributed by atoms with Gasteiger partial charge < -0.3 is 15.5 Å². The Morgan fingerprint density at radius 1 is 1.31 bits per heavy atom. The van der Waals surface area contributed by atoms with E-state index in [2.05, 4.69) is 36.3 Å². The molecule has 2 N–H and O–H groups in total. The van der Waals surface area contributed by atoms with Crippen molar-refractivity contribution in [3.63, 3.8) is 0 Å². The fourth-order valence-electron chi connectivity index (χ4n) is 4.19. The molecular formula is C19H34N4O3. The molecule has 1 aliphatic carbocycles. The van der Waals surface area contributed by atoms with Crippen molar-refractivity contribution in [2.45, 2.75) is 58.4 Å². The van der Waals surface area contributed by atoms with E-state index in [0.717, 1.165) is 30.7 Å². The van der Waals surface area contributed by atoms with Crippen molar-refractivity contribution in [1.82, 2.24) is 20.4 Å². The molecule has 2 aliphatic rings. The highest BCUT2D eigenvalue weighted by Crippen LogP contribution is 2.37. The number of urea groups is 1. The maximum Gasteiger partial charge on any atom is 0.325 e. The fourth-order valence-corrected chi connectivity index (χ4v) is 4.19. The van der Waals surface area contributed by atoms with Crippen LogP contribution in [0, 0.1) is 11.3 Å². The summed E-state index contributed by atoms with van der Waals surface area (Å²) >= 11 is 0. The average Bonchev–Trinajstić information content (AvgIpc) is 2.77. The molecule has 0 radical (unpaired) electrons. The summed E-state index contributed by atoms with van der Waals surface area (Å²) in [6.07, 6.45) is 4.34. The highest BCUT2D eigenvalue weighted by Gasteiger charge is 2.52. The fraction of sp³-hybridized carbons (Fsp3) is 0.842. The second-order valence-corrected chi connectivity index (χ2v) is 8.93. The third kappa shape index (κ3) is 4.75. The summed E-state index contributed by atoms with van der Waals surface area (Å²) < 4.78 is 0. The quantitative estimate of drug-likeness (QED) is 0.670. The topological polar surface area (TPSA) is 81.8 Å². The Morgan fingerprint density at radius 2 is 1.92 bits per heavy atom. The van der Waals surface area contributed by atoms with Gasteiger partial charge in [-0.1, -0.05) is 27.2 Å². The highest BCUT2D eigenvalue weighted by atomic mass is 16.2. The Labute approximate surface area is 156 Å². The van der Waals surface area contributed by atoms with Gasteiger partial charge in [-0.2, -0.15) is 0 Å². The molecular weight excluding hydrogens is 332 g/mol. The first-order chi connectivity index (χ1) is 12.1. The summed E-state index contributed by atoms with van der Waals surface area (Å²) in [7, 11) is 3.98. The monoisotopic (exact) mass is 366 g/mol. The Bertz CT molecular complexity index is 551. The maximum absolute atomic E-state index is 12.8. The van der Waals surface area contributed by atoms with E-state index in [4.69, 9.17) is 0 Å². The third-order valence-electron chi connectivity index (χ3n) is 5.59. The number of imide groups is 1. The average molecular weight is 367 g/mol. The van der Waals surface area contributed by atoms with E-state index in [1.165, 1.54) is 0 Å². The summed E-state index contributed by atoms with van der Waals surface area (Å²) in [6.45, 7) is 7.42. The number of rotatable bonds is 7. The van der Waals surface area contributed by atoms with E-state index in [-0.39, 0.29) is 23.8 Å². The van der Waals surface area contributed by atoms with Crippen LogP contribution in [0.15, 0.2) is 0 Å². The van der Waals surface area contributed by atoms with Gasteiger partial charge in [0.15, 0.2) is 0 Å². The SMILES string of the molecule is CCC1CCC2(CC1)NC(=O)N(CC(=O)NCC(C)(C)CN(C)C)C2=O. The van der Waals surface area contributed by atoms with Gasteiger partial charge in [0.2, 0.25) is 5.91 Å². The van der Waals surface area contributed by atoms with Crippen molar-refractivity contribution < 1.29 is 14.4 Å². The maximum atomic E-state index is 12.8. The van der Waals surface area contributed by atoms with Crippen LogP contribution in [0.25, 0.3) is 0 Å². The number of hydrogen-bond acceptors (Lipinski definition) is 4. The first-order valence-electron chi connectivity index (χ1n) is 9.64. The molecule has 1 saturated heterocycles. The summed E-state index contributed by atoms with van der Waals surface area (Å²) in [4.78, 5) is 40.6. The van der Waals surface area contributed by atoms with Crippen LogP contribution in [0.5, 0.6) is 0 Å². The highest BCUT2D eigenvalue weighted by molar-refractivity contribution is 6.09. The number of nitrogens with zero attached hydrogens (tertiary/aromatic N) is 2. The Morgan fingerprint density at radius 3 is 2.46 bits per heavy atom. The Kier molecular flexibility index (Phi) is 6.32. The van der Waals surface area contributed by atoms with E-state index in [1.807, 2.05) is 14.1 Å². The smallest absolute Gasteiger partial charge is 0.325 e. The summed E-state index contributed by atoms with van der Waals surface area (Å²) in [5.74, 6) is 0.0981. The van der Waals surface area contributed by atoms with Crippen molar-refractivity contribution in [1.29, 1.82) is 0 Å². The predicted octanol–water partition coefficient (Wildman–Crippen LogP) is 1.58. The second-order valence-electron chi connectivity index (χ2n) is 8.93. The summed E-state index contributed by atoms with van der Waals surface area (Å²) in [5.41, 5.74) is -0.872. The van der Waals surface area contributed by atoms with Crippen molar-refractivity contribution in [3.8, 4) is 0 Å². The van der Waals surface area contributed by atoms with Gasteiger partial charge in [-0.25, -0.2) is 4.79 Å². The first kappa shape index (κ1) is 20.7. The van der Waals surface area contributed by atoms with E-state index in [0.29, 0.717) is 25.3 Å². The van der Waals surface area contributed by atoms with Crippen molar-refractivity contribution in [3.05, 3.63) is 0 Å². The van der Waals surface area contributed by atoms with Crippen LogP contribution in [-0.2, 0) is 9.59 Å². The predicted molar refractivity (Wildman–Crippen MR) is 101 cm³/mol. The minimum Gasteiger partial charge on any atom is -0.354 e. The molecule has 0 unspecified atom stereocenters. The molecule has 0 aromatic heterocycles. The number of hydrogen-bond donors (Lipinski definition) is 2. The number of amides is 4. The third-order valence-corrected chi connectivity index (χ3v) is 5.59. The summed E-state index contributed by atoms with van der Waals surface area (Å²) in [6, 6.07) is -0.437. The van der Waals surface area contributed by atoms with Gasteiger partial charge in [-0.05, 0) is 51.1 Å². The van der Waals surface area contributed by atoms with Crippen molar-refractivity contribution in [2.75, 3.05) is 33.7 Å². The van der Waals surface area contributed by atoms with Crippen LogP contribution in [0.2, 0.25) is 0 Å². The van der Waals surface area contributed by atoms with Crippen molar-refractivity contribution in [2.24, 2.45) is 11.3 Å². The molecule has 0 atom stereocenters. The molecule has 0 aromatic rings. The van der Waals surface area contributed by atoms with Crippen LogP contribution >= 0.6 is 0 Å². The normalized spacial score (nSPS) is 26.5. The first-order valence-corrected chi connectivity index (χ1v) is 9.64. The van der Waals surface area contributed by atoms with Gasteiger partial charge in [0.05, 0.1) is 0 Å². The van der Waals surface area contributed by atoms with Crippen LogP contribution < -0.4 is 10.6 Å². The van der Waals surface area contributed by atoms with Crippen LogP contribution in [0.3, 0.4) is 0 Å². The molecule has 7 nitrogen and oxygen atoms in total. The van der Waals surface area contributed by atoms with Crippen LogP contribution in [-0.4, -0.2) is 66.9 Å². The molecule has 1 saturated carbocycles. The molecule has 2 rings (SSSR count). The lowest BCUT2D eigenvalue weighted by Crippen LogP contribution is -2.50. The number of carbonyl (C=O) groups is 3. The van der Waals surface area contributed by atoms with Gasteiger partial charge in [0.25, 0.3) is 5.91 Å². The molecule has 0 aromatic carbocycles. The zero-order chi connectivity index (χ0) is 19.5. The zero-order valence-corrected chi connectivity index (χ0v) is 16.9. The van der Waals surface area contributed by atoms with Crippen LogP contribution in [0.4, 0.5) is 4.79 Å². The van der Waals surface area contributed by atoms with E-state index in [9.17, 15) is 14.4 Å². The lowest BCUT2D eigenvalue weighted by atomic mass is 9.75.